The van der Waals surface area contributed by atoms with Crippen molar-refractivity contribution >= 4 is 18.6 Å². The van der Waals surface area contributed by atoms with Crippen molar-refractivity contribution in [3.05, 3.63) is 24.0 Å². The standard InChI is InChI=1S/C9H11BN2O2/c1-6-4-11-5-8-7(6)3-9(12(8)2)14-10-13/h3-5,10,13H,1-2H3. The Labute approximate surface area is 82.4 Å². The Hall–Kier alpha value is -1.49. The fraction of sp³-hybridized carbons (Fsp3) is 0.222. The van der Waals surface area contributed by atoms with Crippen molar-refractivity contribution in [2.24, 2.45) is 7.05 Å². The molecule has 0 atom stereocenters. The molecule has 0 spiro atoms. The van der Waals surface area contributed by atoms with Crippen LogP contribution < -0.4 is 4.65 Å². The van der Waals surface area contributed by atoms with Crippen LogP contribution in [0.4, 0.5) is 0 Å². The minimum absolute atomic E-state index is 0.309. The summed E-state index contributed by atoms with van der Waals surface area (Å²) in [6, 6.07) is 1.91. The van der Waals surface area contributed by atoms with Crippen LogP contribution in [0.25, 0.3) is 10.9 Å². The number of aryl methyl sites for hydroxylation is 2. The van der Waals surface area contributed by atoms with Crippen LogP contribution in [0.3, 0.4) is 0 Å². The third kappa shape index (κ3) is 1.26. The maximum atomic E-state index is 8.69. The molecule has 0 amide bonds. The molecule has 0 unspecified atom stereocenters. The Balaban J connectivity index is 2.67. The second kappa shape index (κ2) is 3.34. The van der Waals surface area contributed by atoms with Crippen molar-refractivity contribution in [1.82, 2.24) is 9.55 Å². The third-order valence-electron chi connectivity index (χ3n) is 2.34. The van der Waals surface area contributed by atoms with E-state index in [1.54, 1.807) is 6.20 Å². The zero-order chi connectivity index (χ0) is 10.1. The molecule has 0 fully saturated rings. The predicted octanol–water partition coefficient (Wildman–Crippen LogP) is 0.519. The van der Waals surface area contributed by atoms with E-state index < -0.39 is 0 Å². The average molecular weight is 190 g/mol. The molecule has 0 aliphatic carbocycles. The van der Waals surface area contributed by atoms with Crippen molar-refractivity contribution in [1.29, 1.82) is 0 Å². The predicted molar refractivity (Wildman–Crippen MR) is 55.4 cm³/mol. The van der Waals surface area contributed by atoms with Gasteiger partial charge < -0.3 is 14.2 Å². The molecular formula is C9H11BN2O2. The van der Waals surface area contributed by atoms with E-state index in [1.807, 2.05) is 30.8 Å². The molecule has 2 rings (SSSR count). The molecule has 2 heterocycles. The quantitative estimate of drug-likeness (QED) is 0.702. The van der Waals surface area contributed by atoms with Crippen molar-refractivity contribution < 1.29 is 9.68 Å². The molecule has 4 nitrogen and oxygen atoms in total. The van der Waals surface area contributed by atoms with Gasteiger partial charge in [0.1, 0.15) is 0 Å². The summed E-state index contributed by atoms with van der Waals surface area (Å²) in [4.78, 5) is 4.11. The molecule has 0 saturated carbocycles. The molecule has 2 aromatic heterocycles. The Morgan fingerprint density at radius 1 is 1.50 bits per heavy atom. The Morgan fingerprint density at radius 3 is 2.93 bits per heavy atom. The monoisotopic (exact) mass is 190 g/mol. The van der Waals surface area contributed by atoms with Crippen LogP contribution in [0.1, 0.15) is 5.56 Å². The fourth-order valence-corrected chi connectivity index (χ4v) is 1.56. The van der Waals surface area contributed by atoms with Gasteiger partial charge in [0.2, 0.25) is 0 Å². The van der Waals surface area contributed by atoms with Gasteiger partial charge in [0.15, 0.2) is 5.88 Å². The number of nitrogens with zero attached hydrogens (tertiary/aromatic N) is 2. The summed E-state index contributed by atoms with van der Waals surface area (Å²) >= 11 is 0. The topological polar surface area (TPSA) is 47.3 Å². The summed E-state index contributed by atoms with van der Waals surface area (Å²) in [6.45, 7) is 2.00. The number of hydrogen-bond donors (Lipinski definition) is 1. The van der Waals surface area contributed by atoms with E-state index in [-0.39, 0.29) is 7.69 Å². The van der Waals surface area contributed by atoms with Gasteiger partial charge in [-0.1, -0.05) is 0 Å². The zero-order valence-corrected chi connectivity index (χ0v) is 8.19. The van der Waals surface area contributed by atoms with E-state index in [4.69, 9.17) is 9.68 Å². The normalized spacial score (nSPS) is 10.5. The largest absolute Gasteiger partial charge is 0.526 e. The van der Waals surface area contributed by atoms with Gasteiger partial charge in [-0.15, -0.1) is 0 Å². The van der Waals surface area contributed by atoms with Crippen LogP contribution in [0.15, 0.2) is 18.5 Å². The van der Waals surface area contributed by atoms with Crippen LogP contribution in [0.5, 0.6) is 5.88 Å². The van der Waals surface area contributed by atoms with Gasteiger partial charge in [0.25, 0.3) is 0 Å². The first kappa shape index (κ1) is 9.08. The first-order valence-corrected chi connectivity index (χ1v) is 4.37. The molecule has 72 valence electrons. The van der Waals surface area contributed by atoms with Crippen LogP contribution in [0.2, 0.25) is 0 Å². The summed E-state index contributed by atoms with van der Waals surface area (Å²) in [5.74, 6) is 0.651. The highest BCUT2D eigenvalue weighted by Gasteiger charge is 2.08. The lowest BCUT2D eigenvalue weighted by Gasteiger charge is -2.02. The molecule has 0 saturated heterocycles. The van der Waals surface area contributed by atoms with Gasteiger partial charge in [-0.25, -0.2) is 0 Å². The molecule has 0 aliphatic rings. The maximum absolute atomic E-state index is 8.69. The Bertz CT molecular complexity index is 467. The van der Waals surface area contributed by atoms with Gasteiger partial charge in [0.05, 0.1) is 11.7 Å². The minimum atomic E-state index is -0.309. The highest BCUT2D eigenvalue weighted by Crippen LogP contribution is 2.25. The van der Waals surface area contributed by atoms with E-state index in [0.29, 0.717) is 5.88 Å². The smallest absolute Gasteiger partial charge is 0.505 e. The number of aromatic nitrogens is 2. The fourth-order valence-electron chi connectivity index (χ4n) is 1.56. The van der Waals surface area contributed by atoms with Crippen LogP contribution in [-0.2, 0) is 7.05 Å². The number of fused-ring (bicyclic) bond motifs is 1. The van der Waals surface area contributed by atoms with Gasteiger partial charge in [-0.2, -0.15) is 0 Å². The van der Waals surface area contributed by atoms with Crippen molar-refractivity contribution in [2.75, 3.05) is 0 Å². The molecule has 2 aromatic rings. The van der Waals surface area contributed by atoms with E-state index in [2.05, 4.69) is 4.98 Å². The number of pyridine rings is 1. The highest BCUT2D eigenvalue weighted by atomic mass is 16.5. The van der Waals surface area contributed by atoms with Crippen molar-refractivity contribution in [2.45, 2.75) is 6.92 Å². The average Bonchev–Trinajstić information content (AvgIpc) is 2.48. The lowest BCUT2D eigenvalue weighted by molar-refractivity contribution is 0.433. The van der Waals surface area contributed by atoms with Gasteiger partial charge in [-0.05, 0) is 12.5 Å². The summed E-state index contributed by atoms with van der Waals surface area (Å²) in [5.41, 5.74) is 2.11. The summed E-state index contributed by atoms with van der Waals surface area (Å²) in [7, 11) is 1.57. The second-order valence-electron chi connectivity index (χ2n) is 3.20. The molecule has 14 heavy (non-hydrogen) atoms. The van der Waals surface area contributed by atoms with E-state index in [1.165, 1.54) is 0 Å². The van der Waals surface area contributed by atoms with E-state index in [0.717, 1.165) is 16.5 Å². The molecular weight excluding hydrogens is 179 g/mol. The first-order valence-electron chi connectivity index (χ1n) is 4.37. The summed E-state index contributed by atoms with van der Waals surface area (Å²) in [6.07, 6.45) is 3.59. The second-order valence-corrected chi connectivity index (χ2v) is 3.20. The lowest BCUT2D eigenvalue weighted by atomic mass is 10.2. The van der Waals surface area contributed by atoms with Crippen LogP contribution in [-0.4, -0.2) is 22.3 Å². The summed E-state index contributed by atoms with van der Waals surface area (Å²) < 4.78 is 6.93. The molecule has 0 aliphatic heterocycles. The number of rotatable bonds is 2. The van der Waals surface area contributed by atoms with Gasteiger partial charge >= 0.3 is 7.69 Å². The number of hydrogen-bond acceptors (Lipinski definition) is 3. The molecule has 5 heteroatoms. The van der Waals surface area contributed by atoms with Gasteiger partial charge in [0, 0.05) is 24.7 Å². The summed E-state index contributed by atoms with van der Waals surface area (Å²) in [5, 5.41) is 9.79. The van der Waals surface area contributed by atoms with Gasteiger partial charge in [-0.3, -0.25) is 4.98 Å². The highest BCUT2D eigenvalue weighted by molar-refractivity contribution is 6.17. The maximum Gasteiger partial charge on any atom is 0.505 e. The first-order chi connectivity index (χ1) is 6.74. The SMILES string of the molecule is Cc1cncc2c1cc(OBO)n2C. The van der Waals surface area contributed by atoms with Crippen molar-refractivity contribution in [3.8, 4) is 5.88 Å². The van der Waals surface area contributed by atoms with E-state index in [9.17, 15) is 0 Å². The molecule has 0 radical (unpaired) electrons. The molecule has 0 bridgehead atoms. The molecule has 0 aromatic carbocycles. The Kier molecular flexibility index (Phi) is 2.17. The van der Waals surface area contributed by atoms with E-state index >= 15 is 0 Å². The molecule has 1 N–H and O–H groups in total. The lowest BCUT2D eigenvalue weighted by Crippen LogP contribution is -2.03. The zero-order valence-electron chi connectivity index (χ0n) is 8.19. The van der Waals surface area contributed by atoms with Crippen molar-refractivity contribution in [3.63, 3.8) is 0 Å². The van der Waals surface area contributed by atoms with Crippen LogP contribution in [0, 0.1) is 6.92 Å². The minimum Gasteiger partial charge on any atom is -0.526 e. The van der Waals surface area contributed by atoms with Crippen LogP contribution >= 0.6 is 0 Å². The Morgan fingerprint density at radius 2 is 2.29 bits per heavy atom. The third-order valence-corrected chi connectivity index (χ3v) is 2.34.